The quantitative estimate of drug-likeness (QED) is 0.710. The maximum Gasteiger partial charge on any atom is 0.134 e. The predicted octanol–water partition coefficient (Wildman–Crippen LogP) is 3.72. The summed E-state index contributed by atoms with van der Waals surface area (Å²) in [6.45, 7) is 4.94. The third kappa shape index (κ3) is 4.13. The van der Waals surface area contributed by atoms with Crippen molar-refractivity contribution in [2.45, 2.75) is 23.7 Å². The summed E-state index contributed by atoms with van der Waals surface area (Å²) in [7, 11) is 2.13. The van der Waals surface area contributed by atoms with Crippen LogP contribution in [0.1, 0.15) is 22.3 Å². The van der Waals surface area contributed by atoms with Gasteiger partial charge in [0.15, 0.2) is 0 Å². The van der Waals surface area contributed by atoms with Crippen molar-refractivity contribution in [2.75, 3.05) is 44.8 Å². The van der Waals surface area contributed by atoms with E-state index in [1.165, 1.54) is 16.7 Å². The van der Waals surface area contributed by atoms with Gasteiger partial charge in [-0.05, 0) is 36.7 Å². The van der Waals surface area contributed by atoms with Crippen LogP contribution in [0, 0.1) is 11.3 Å². The number of halogens is 1. The topological polar surface area (TPSA) is 52.4 Å². The standard InChI is InChI=1S/C21H23ClN4OS/c1-25-7-6-17-18(12-23)21(28-14-15-2-4-16(22)5-3-15)24-20(19(17)13-25)26-8-10-27-11-9-26/h2-5H,6-11,13-14H2,1H3. The molecule has 0 bridgehead atoms. The minimum Gasteiger partial charge on any atom is -0.378 e. The van der Waals surface area contributed by atoms with Gasteiger partial charge in [0.25, 0.3) is 0 Å². The van der Waals surface area contributed by atoms with Gasteiger partial charge in [0.2, 0.25) is 0 Å². The number of nitrogens with zero attached hydrogens (tertiary/aromatic N) is 4. The average Bonchev–Trinajstić information content (AvgIpc) is 2.73. The molecule has 1 saturated heterocycles. The van der Waals surface area contributed by atoms with E-state index in [2.05, 4.69) is 22.9 Å². The first-order chi connectivity index (χ1) is 13.7. The van der Waals surface area contributed by atoms with E-state index in [4.69, 9.17) is 21.3 Å². The molecule has 0 atom stereocenters. The summed E-state index contributed by atoms with van der Waals surface area (Å²) < 4.78 is 5.53. The Bertz CT molecular complexity index is 891. The van der Waals surface area contributed by atoms with Crippen molar-refractivity contribution < 1.29 is 4.74 Å². The van der Waals surface area contributed by atoms with Crippen LogP contribution in [0.25, 0.3) is 0 Å². The molecule has 146 valence electrons. The van der Waals surface area contributed by atoms with Crippen molar-refractivity contribution in [3.05, 3.63) is 51.5 Å². The molecule has 1 aromatic carbocycles. The number of hydrogen-bond donors (Lipinski definition) is 0. The van der Waals surface area contributed by atoms with Crippen LogP contribution in [0.5, 0.6) is 0 Å². The molecule has 1 fully saturated rings. The Balaban J connectivity index is 1.70. The number of thioether (sulfide) groups is 1. The van der Waals surface area contributed by atoms with Gasteiger partial charge in [-0.25, -0.2) is 4.98 Å². The smallest absolute Gasteiger partial charge is 0.134 e. The number of aromatic nitrogens is 1. The number of fused-ring (bicyclic) bond motifs is 1. The largest absolute Gasteiger partial charge is 0.378 e. The second kappa shape index (κ2) is 8.71. The van der Waals surface area contributed by atoms with Crippen molar-refractivity contribution in [2.24, 2.45) is 0 Å². The summed E-state index contributed by atoms with van der Waals surface area (Å²) in [5, 5.41) is 11.5. The zero-order chi connectivity index (χ0) is 19.5. The normalized spacial score (nSPS) is 17.2. The molecule has 4 rings (SSSR count). The first kappa shape index (κ1) is 19.5. The average molecular weight is 415 g/mol. The molecule has 1 aromatic heterocycles. The summed E-state index contributed by atoms with van der Waals surface area (Å²) >= 11 is 7.63. The van der Waals surface area contributed by atoms with E-state index >= 15 is 0 Å². The van der Waals surface area contributed by atoms with Gasteiger partial charge in [-0.2, -0.15) is 5.26 Å². The minimum atomic E-state index is 0.722. The number of nitriles is 1. The van der Waals surface area contributed by atoms with E-state index in [-0.39, 0.29) is 0 Å². The maximum atomic E-state index is 9.91. The lowest BCUT2D eigenvalue weighted by Gasteiger charge is -2.34. The van der Waals surface area contributed by atoms with E-state index in [0.29, 0.717) is 0 Å². The monoisotopic (exact) mass is 414 g/mol. The lowest BCUT2D eigenvalue weighted by atomic mass is 9.96. The molecule has 2 aliphatic rings. The van der Waals surface area contributed by atoms with E-state index in [1.54, 1.807) is 11.8 Å². The van der Waals surface area contributed by atoms with Crippen LogP contribution >= 0.6 is 23.4 Å². The first-order valence-electron chi connectivity index (χ1n) is 9.50. The highest BCUT2D eigenvalue weighted by Gasteiger charge is 2.27. The Morgan fingerprint density at radius 2 is 1.93 bits per heavy atom. The second-order valence-electron chi connectivity index (χ2n) is 7.19. The van der Waals surface area contributed by atoms with E-state index in [0.717, 1.165) is 73.0 Å². The molecule has 2 aromatic rings. The number of hydrogen-bond acceptors (Lipinski definition) is 6. The highest BCUT2D eigenvalue weighted by Crippen LogP contribution is 2.36. The number of ether oxygens (including phenoxy) is 1. The van der Waals surface area contributed by atoms with Crippen LogP contribution in [-0.2, 0) is 23.5 Å². The van der Waals surface area contributed by atoms with Gasteiger partial charge >= 0.3 is 0 Å². The number of rotatable bonds is 4. The van der Waals surface area contributed by atoms with Crippen LogP contribution < -0.4 is 4.90 Å². The van der Waals surface area contributed by atoms with Crippen LogP contribution in [0.3, 0.4) is 0 Å². The summed E-state index contributed by atoms with van der Waals surface area (Å²) in [5.41, 5.74) is 4.31. The number of pyridine rings is 1. The molecular weight excluding hydrogens is 392 g/mol. The Hall–Kier alpha value is -1.78. The minimum absolute atomic E-state index is 0.722. The van der Waals surface area contributed by atoms with Crippen LogP contribution in [0.4, 0.5) is 5.82 Å². The number of morpholine rings is 1. The van der Waals surface area contributed by atoms with Gasteiger partial charge in [-0.1, -0.05) is 23.7 Å². The molecule has 0 unspecified atom stereocenters. The zero-order valence-corrected chi connectivity index (χ0v) is 17.5. The van der Waals surface area contributed by atoms with E-state index in [1.807, 2.05) is 24.3 Å². The van der Waals surface area contributed by atoms with Crippen molar-refractivity contribution >= 4 is 29.2 Å². The fourth-order valence-electron chi connectivity index (χ4n) is 3.72. The van der Waals surface area contributed by atoms with Gasteiger partial charge in [0.05, 0.1) is 18.8 Å². The number of anilines is 1. The molecule has 0 spiro atoms. The third-order valence-corrected chi connectivity index (χ3v) is 6.54. The molecule has 3 heterocycles. The Kier molecular flexibility index (Phi) is 6.07. The maximum absolute atomic E-state index is 9.91. The molecule has 0 N–H and O–H groups in total. The van der Waals surface area contributed by atoms with E-state index < -0.39 is 0 Å². The third-order valence-electron chi connectivity index (χ3n) is 5.24. The summed E-state index contributed by atoms with van der Waals surface area (Å²) in [6, 6.07) is 10.3. The molecule has 0 radical (unpaired) electrons. The molecule has 0 aliphatic carbocycles. The summed E-state index contributed by atoms with van der Waals surface area (Å²) in [5.74, 6) is 1.79. The second-order valence-corrected chi connectivity index (χ2v) is 8.59. The molecule has 2 aliphatic heterocycles. The fourth-order valence-corrected chi connectivity index (χ4v) is 4.80. The fraction of sp³-hybridized carbons (Fsp3) is 0.429. The van der Waals surface area contributed by atoms with Crippen molar-refractivity contribution in [1.29, 1.82) is 5.26 Å². The van der Waals surface area contributed by atoms with Gasteiger partial charge < -0.3 is 14.5 Å². The predicted molar refractivity (Wildman–Crippen MR) is 113 cm³/mol. The summed E-state index contributed by atoms with van der Waals surface area (Å²) in [4.78, 5) is 9.62. The van der Waals surface area contributed by atoms with Gasteiger partial charge in [-0.3, -0.25) is 0 Å². The van der Waals surface area contributed by atoms with Crippen LogP contribution in [0.2, 0.25) is 5.02 Å². The molecule has 7 heteroatoms. The Labute approximate surface area is 175 Å². The molecular formula is C21H23ClN4OS. The first-order valence-corrected chi connectivity index (χ1v) is 10.9. The highest BCUT2D eigenvalue weighted by molar-refractivity contribution is 7.98. The van der Waals surface area contributed by atoms with E-state index in [9.17, 15) is 5.26 Å². The molecule has 28 heavy (non-hydrogen) atoms. The van der Waals surface area contributed by atoms with Crippen LogP contribution in [0.15, 0.2) is 29.3 Å². The van der Waals surface area contributed by atoms with Crippen molar-refractivity contribution in [3.63, 3.8) is 0 Å². The lowest BCUT2D eigenvalue weighted by Crippen LogP contribution is -2.39. The zero-order valence-electron chi connectivity index (χ0n) is 15.9. The number of likely N-dealkylation sites (N-methyl/N-ethyl adjacent to an activating group) is 1. The Morgan fingerprint density at radius 3 is 2.64 bits per heavy atom. The SMILES string of the molecule is CN1CCc2c(C#N)c(SCc3ccc(Cl)cc3)nc(N3CCOCC3)c2C1. The van der Waals surface area contributed by atoms with Gasteiger partial charge in [-0.15, -0.1) is 11.8 Å². The molecule has 5 nitrogen and oxygen atoms in total. The van der Waals surface area contributed by atoms with Gasteiger partial charge in [0.1, 0.15) is 16.9 Å². The van der Waals surface area contributed by atoms with Crippen molar-refractivity contribution in [1.82, 2.24) is 9.88 Å². The van der Waals surface area contributed by atoms with Gasteiger partial charge in [0, 0.05) is 42.5 Å². The highest BCUT2D eigenvalue weighted by atomic mass is 35.5. The summed E-state index contributed by atoms with van der Waals surface area (Å²) in [6.07, 6.45) is 0.892. The molecule has 0 saturated carbocycles. The lowest BCUT2D eigenvalue weighted by molar-refractivity contribution is 0.122. The van der Waals surface area contributed by atoms with Crippen molar-refractivity contribution in [3.8, 4) is 6.07 Å². The Morgan fingerprint density at radius 1 is 1.18 bits per heavy atom. The number of benzene rings is 1. The van der Waals surface area contributed by atoms with Crippen LogP contribution in [-0.4, -0.2) is 49.8 Å². The molecule has 0 amide bonds.